The highest BCUT2D eigenvalue weighted by molar-refractivity contribution is 5.66. The highest BCUT2D eigenvalue weighted by Gasteiger charge is 2.10. The van der Waals surface area contributed by atoms with Gasteiger partial charge in [-0.2, -0.15) is 14.9 Å². The number of aromatic nitrogens is 4. The Morgan fingerprint density at radius 3 is 2.84 bits per heavy atom. The molecule has 4 aromatic rings. The largest absolute Gasteiger partial charge is 0.340 e. The van der Waals surface area contributed by atoms with Gasteiger partial charge in [-0.15, -0.1) is 0 Å². The van der Waals surface area contributed by atoms with Crippen LogP contribution in [-0.4, -0.2) is 19.6 Å². The number of nitrogens with zero attached hydrogens (tertiary/aromatic N) is 5. The standard InChI is InChI=1S/C18H11FN6/c19-15-4-3-14(8-13(15)10-20)23-17-5-7-22-18-9-16(24-25(17)18)12-2-1-6-21-11-12/h1-9,11,23H. The summed E-state index contributed by atoms with van der Waals surface area (Å²) >= 11 is 0. The van der Waals surface area contributed by atoms with Crippen molar-refractivity contribution >= 4 is 17.2 Å². The van der Waals surface area contributed by atoms with E-state index in [1.165, 1.54) is 12.1 Å². The van der Waals surface area contributed by atoms with Gasteiger partial charge in [-0.1, -0.05) is 0 Å². The molecule has 3 heterocycles. The predicted molar refractivity (Wildman–Crippen MR) is 90.6 cm³/mol. The summed E-state index contributed by atoms with van der Waals surface area (Å²) in [6.45, 7) is 0. The molecule has 0 spiro atoms. The molecule has 6 nitrogen and oxygen atoms in total. The SMILES string of the molecule is N#Cc1cc(Nc2ccnc3cc(-c4cccnc4)nn23)ccc1F. The van der Waals surface area contributed by atoms with Gasteiger partial charge in [0.2, 0.25) is 0 Å². The van der Waals surface area contributed by atoms with E-state index >= 15 is 0 Å². The van der Waals surface area contributed by atoms with Gasteiger partial charge in [-0.3, -0.25) is 4.98 Å². The molecule has 0 saturated carbocycles. The monoisotopic (exact) mass is 330 g/mol. The normalized spacial score (nSPS) is 10.6. The van der Waals surface area contributed by atoms with Crippen LogP contribution in [0.25, 0.3) is 16.9 Å². The fraction of sp³-hybridized carbons (Fsp3) is 0. The van der Waals surface area contributed by atoms with Gasteiger partial charge >= 0.3 is 0 Å². The van der Waals surface area contributed by atoms with E-state index in [-0.39, 0.29) is 5.56 Å². The zero-order valence-electron chi connectivity index (χ0n) is 12.9. The Labute approximate surface area is 142 Å². The molecular weight excluding hydrogens is 319 g/mol. The maximum absolute atomic E-state index is 13.5. The summed E-state index contributed by atoms with van der Waals surface area (Å²) < 4.78 is 15.1. The van der Waals surface area contributed by atoms with E-state index in [0.29, 0.717) is 17.2 Å². The lowest BCUT2D eigenvalue weighted by Gasteiger charge is -2.08. The average Bonchev–Trinajstić information content (AvgIpc) is 3.09. The number of nitriles is 1. The van der Waals surface area contributed by atoms with Crippen molar-refractivity contribution in [2.45, 2.75) is 0 Å². The Morgan fingerprint density at radius 2 is 2.04 bits per heavy atom. The third kappa shape index (κ3) is 2.77. The number of pyridine rings is 1. The number of halogens is 1. The van der Waals surface area contributed by atoms with Crippen molar-refractivity contribution in [1.29, 1.82) is 5.26 Å². The number of hydrogen-bond acceptors (Lipinski definition) is 5. The quantitative estimate of drug-likeness (QED) is 0.621. The molecule has 4 rings (SSSR count). The summed E-state index contributed by atoms with van der Waals surface area (Å²) in [4.78, 5) is 8.40. The Bertz CT molecular complexity index is 1100. The Morgan fingerprint density at radius 1 is 1.12 bits per heavy atom. The van der Waals surface area contributed by atoms with Gasteiger partial charge in [0.1, 0.15) is 17.7 Å². The van der Waals surface area contributed by atoms with Gasteiger partial charge in [0.25, 0.3) is 0 Å². The van der Waals surface area contributed by atoms with Gasteiger partial charge in [0.05, 0.1) is 11.3 Å². The number of hydrogen-bond donors (Lipinski definition) is 1. The molecule has 3 aromatic heterocycles. The maximum Gasteiger partial charge on any atom is 0.157 e. The first-order chi connectivity index (χ1) is 12.2. The first kappa shape index (κ1) is 14.8. The van der Waals surface area contributed by atoms with Crippen LogP contribution < -0.4 is 5.32 Å². The molecule has 0 saturated heterocycles. The number of benzene rings is 1. The summed E-state index contributed by atoms with van der Waals surface area (Å²) in [6.07, 6.45) is 5.08. The van der Waals surface area contributed by atoms with Gasteiger partial charge in [-0.05, 0) is 36.4 Å². The van der Waals surface area contributed by atoms with E-state index in [1.54, 1.807) is 35.2 Å². The molecule has 1 aromatic carbocycles. The number of fused-ring (bicyclic) bond motifs is 1. The van der Waals surface area contributed by atoms with Crippen LogP contribution in [0.3, 0.4) is 0 Å². The summed E-state index contributed by atoms with van der Waals surface area (Å²) in [5, 5.41) is 16.7. The van der Waals surface area contributed by atoms with Crippen LogP contribution in [-0.2, 0) is 0 Å². The molecule has 0 amide bonds. The van der Waals surface area contributed by atoms with Crippen LogP contribution >= 0.6 is 0 Å². The molecule has 0 bridgehead atoms. The van der Waals surface area contributed by atoms with E-state index < -0.39 is 5.82 Å². The second-order valence-corrected chi connectivity index (χ2v) is 5.30. The number of anilines is 2. The van der Waals surface area contributed by atoms with Crippen molar-refractivity contribution in [3.05, 3.63) is 72.4 Å². The van der Waals surface area contributed by atoms with E-state index in [2.05, 4.69) is 20.4 Å². The number of nitrogens with one attached hydrogen (secondary N) is 1. The molecule has 0 unspecified atom stereocenters. The van der Waals surface area contributed by atoms with Crippen LogP contribution in [0.2, 0.25) is 0 Å². The van der Waals surface area contributed by atoms with E-state index in [9.17, 15) is 4.39 Å². The van der Waals surface area contributed by atoms with Crippen LogP contribution in [0, 0.1) is 17.1 Å². The minimum atomic E-state index is -0.550. The molecule has 0 fully saturated rings. The van der Waals surface area contributed by atoms with Crippen LogP contribution in [0.1, 0.15) is 5.56 Å². The molecule has 1 N–H and O–H groups in total. The third-order valence-corrected chi connectivity index (χ3v) is 3.67. The molecule has 7 heteroatoms. The molecule has 25 heavy (non-hydrogen) atoms. The predicted octanol–water partition coefficient (Wildman–Crippen LogP) is 3.55. The lowest BCUT2D eigenvalue weighted by Crippen LogP contribution is -2.01. The Hall–Kier alpha value is -3.79. The lowest BCUT2D eigenvalue weighted by molar-refractivity contribution is 0.624. The molecular formula is C18H11FN6. The highest BCUT2D eigenvalue weighted by Crippen LogP contribution is 2.23. The van der Waals surface area contributed by atoms with Crippen LogP contribution in [0.5, 0.6) is 0 Å². The smallest absolute Gasteiger partial charge is 0.157 e. The first-order valence-corrected chi connectivity index (χ1v) is 7.46. The molecule has 0 radical (unpaired) electrons. The van der Waals surface area contributed by atoms with Gasteiger partial charge < -0.3 is 5.32 Å². The van der Waals surface area contributed by atoms with Gasteiger partial charge in [0.15, 0.2) is 5.65 Å². The Balaban J connectivity index is 1.75. The van der Waals surface area contributed by atoms with Crippen molar-refractivity contribution < 1.29 is 4.39 Å². The van der Waals surface area contributed by atoms with Crippen molar-refractivity contribution in [2.75, 3.05) is 5.32 Å². The van der Waals surface area contributed by atoms with Crippen molar-refractivity contribution in [1.82, 2.24) is 19.6 Å². The third-order valence-electron chi connectivity index (χ3n) is 3.67. The van der Waals surface area contributed by atoms with E-state index in [0.717, 1.165) is 11.3 Å². The van der Waals surface area contributed by atoms with E-state index in [1.807, 2.05) is 24.3 Å². The molecule has 0 aliphatic heterocycles. The molecule has 120 valence electrons. The van der Waals surface area contributed by atoms with Crippen LogP contribution in [0.15, 0.2) is 61.1 Å². The lowest BCUT2D eigenvalue weighted by atomic mass is 10.2. The van der Waals surface area contributed by atoms with E-state index in [4.69, 9.17) is 5.26 Å². The zero-order valence-corrected chi connectivity index (χ0v) is 12.9. The summed E-state index contributed by atoms with van der Waals surface area (Å²) in [6, 6.07) is 13.5. The molecule has 0 aliphatic rings. The fourth-order valence-electron chi connectivity index (χ4n) is 2.48. The fourth-order valence-corrected chi connectivity index (χ4v) is 2.48. The van der Waals surface area contributed by atoms with Crippen molar-refractivity contribution in [2.24, 2.45) is 0 Å². The summed E-state index contributed by atoms with van der Waals surface area (Å²) in [5.74, 6) is 0.0986. The van der Waals surface area contributed by atoms with Gasteiger partial charge in [-0.25, -0.2) is 9.37 Å². The first-order valence-electron chi connectivity index (χ1n) is 7.46. The number of rotatable bonds is 3. The molecule has 0 aliphatic carbocycles. The van der Waals surface area contributed by atoms with Crippen molar-refractivity contribution in [3.63, 3.8) is 0 Å². The highest BCUT2D eigenvalue weighted by atomic mass is 19.1. The average molecular weight is 330 g/mol. The second kappa shape index (κ2) is 6.02. The zero-order chi connectivity index (χ0) is 17.2. The second-order valence-electron chi connectivity index (χ2n) is 5.30. The minimum absolute atomic E-state index is 0.0215. The minimum Gasteiger partial charge on any atom is -0.340 e. The van der Waals surface area contributed by atoms with Crippen LogP contribution in [0.4, 0.5) is 15.9 Å². The topological polar surface area (TPSA) is 78.9 Å². The van der Waals surface area contributed by atoms with Crippen molar-refractivity contribution in [3.8, 4) is 17.3 Å². The molecule has 0 atom stereocenters. The van der Waals surface area contributed by atoms with Gasteiger partial charge in [0, 0.05) is 35.9 Å². The summed E-state index contributed by atoms with van der Waals surface area (Å²) in [7, 11) is 0. The summed E-state index contributed by atoms with van der Waals surface area (Å²) in [5.41, 5.74) is 2.85. The Kier molecular flexibility index (Phi) is 3.56. The maximum atomic E-state index is 13.5.